The van der Waals surface area contributed by atoms with E-state index in [0.29, 0.717) is 45.8 Å². The number of carbonyl (C=O) groups is 1. The van der Waals surface area contributed by atoms with Crippen LogP contribution in [0.1, 0.15) is 43.6 Å². The van der Waals surface area contributed by atoms with Gasteiger partial charge in [0.05, 0.1) is 5.75 Å². The van der Waals surface area contributed by atoms with Gasteiger partial charge in [-0.15, -0.1) is 10.2 Å². The fourth-order valence-electron chi connectivity index (χ4n) is 3.19. The van der Waals surface area contributed by atoms with Crippen molar-refractivity contribution in [3.63, 3.8) is 0 Å². The largest absolute Gasteiger partial charge is 0.485 e. The normalized spacial score (nSPS) is 11.1. The van der Waals surface area contributed by atoms with Gasteiger partial charge < -0.3 is 14.6 Å². The molecule has 1 aromatic heterocycles. The summed E-state index contributed by atoms with van der Waals surface area (Å²) in [5.41, 5.74) is 2.86. The highest BCUT2D eigenvalue weighted by molar-refractivity contribution is 7.99. The van der Waals surface area contributed by atoms with Gasteiger partial charge in [-0.05, 0) is 55.2 Å². The van der Waals surface area contributed by atoms with Gasteiger partial charge >= 0.3 is 0 Å². The average molecular weight is 493 g/mol. The summed E-state index contributed by atoms with van der Waals surface area (Å²) in [7, 11) is 0. The molecule has 3 rings (SSSR count). The van der Waals surface area contributed by atoms with Crippen LogP contribution in [0.2, 0.25) is 10.0 Å². The third-order valence-corrected chi connectivity index (χ3v) is 6.14. The highest BCUT2D eigenvalue weighted by atomic mass is 35.5. The van der Waals surface area contributed by atoms with Crippen LogP contribution >= 0.6 is 35.0 Å². The Morgan fingerprint density at radius 1 is 1.16 bits per heavy atom. The molecule has 2 aromatic carbocycles. The van der Waals surface area contributed by atoms with E-state index >= 15 is 0 Å². The molecule has 0 saturated carbocycles. The summed E-state index contributed by atoms with van der Waals surface area (Å²) in [4.78, 5) is 12.4. The molecule has 0 aliphatic heterocycles. The quantitative estimate of drug-likeness (QED) is 0.352. The minimum Gasteiger partial charge on any atom is -0.485 e. The maximum atomic E-state index is 12.4. The van der Waals surface area contributed by atoms with Gasteiger partial charge in [-0.3, -0.25) is 4.79 Å². The van der Waals surface area contributed by atoms with Crippen molar-refractivity contribution in [2.75, 3.05) is 11.1 Å². The molecule has 3 aromatic rings. The zero-order chi connectivity index (χ0) is 23.3. The van der Waals surface area contributed by atoms with Gasteiger partial charge in [0.15, 0.2) is 11.0 Å². The lowest BCUT2D eigenvalue weighted by Crippen LogP contribution is -2.15. The number of hydrogen-bond acceptors (Lipinski definition) is 5. The third kappa shape index (κ3) is 6.40. The Bertz CT molecular complexity index is 1080. The first-order chi connectivity index (χ1) is 15.3. The maximum Gasteiger partial charge on any atom is 0.234 e. The lowest BCUT2D eigenvalue weighted by atomic mass is 10.0. The molecular formula is C23H26Cl2N4O2S. The lowest BCUT2D eigenvalue weighted by Gasteiger charge is -2.15. The molecule has 0 unspecified atom stereocenters. The van der Waals surface area contributed by atoms with Crippen molar-refractivity contribution in [1.29, 1.82) is 0 Å². The molecule has 0 atom stereocenters. The van der Waals surface area contributed by atoms with E-state index < -0.39 is 0 Å². The number of nitrogens with zero attached hydrogens (tertiary/aromatic N) is 3. The fraction of sp³-hybridized carbons (Fsp3) is 0.348. The van der Waals surface area contributed by atoms with Gasteiger partial charge in [0.2, 0.25) is 5.91 Å². The topological polar surface area (TPSA) is 69.0 Å². The van der Waals surface area contributed by atoms with E-state index in [1.54, 1.807) is 18.2 Å². The van der Waals surface area contributed by atoms with Crippen LogP contribution in [-0.2, 0) is 17.9 Å². The number of amides is 1. The number of hydrogen-bond donors (Lipinski definition) is 1. The Hall–Kier alpha value is -2.22. The highest BCUT2D eigenvalue weighted by Gasteiger charge is 2.15. The third-order valence-electron chi connectivity index (χ3n) is 4.74. The van der Waals surface area contributed by atoms with E-state index in [0.717, 1.165) is 16.9 Å². The molecule has 6 nitrogen and oxygen atoms in total. The molecule has 0 radical (unpaired) electrons. The van der Waals surface area contributed by atoms with Crippen molar-refractivity contribution in [1.82, 2.24) is 14.8 Å². The second kappa shape index (κ2) is 11.1. The Balaban J connectivity index is 1.64. The molecule has 0 fully saturated rings. The van der Waals surface area contributed by atoms with Crippen molar-refractivity contribution in [2.24, 2.45) is 0 Å². The van der Waals surface area contributed by atoms with Crippen molar-refractivity contribution >= 4 is 46.6 Å². The SMILES string of the molecule is CCn1c(COc2cc(C)ccc2C(C)C)nnc1SCC(=O)Nc1cc(Cl)cc(Cl)c1. The first-order valence-electron chi connectivity index (χ1n) is 10.3. The second-order valence-corrected chi connectivity index (χ2v) is 9.44. The lowest BCUT2D eigenvalue weighted by molar-refractivity contribution is -0.113. The predicted molar refractivity (Wildman–Crippen MR) is 131 cm³/mol. The van der Waals surface area contributed by atoms with Crippen LogP contribution in [0.25, 0.3) is 0 Å². The predicted octanol–water partition coefficient (Wildman–Crippen LogP) is 6.35. The molecule has 0 bridgehead atoms. The average Bonchev–Trinajstić information content (AvgIpc) is 3.11. The van der Waals surface area contributed by atoms with Crippen LogP contribution in [0, 0.1) is 6.92 Å². The van der Waals surface area contributed by atoms with Gasteiger partial charge in [0.1, 0.15) is 12.4 Å². The Morgan fingerprint density at radius 3 is 2.53 bits per heavy atom. The molecule has 0 spiro atoms. The summed E-state index contributed by atoms with van der Waals surface area (Å²) in [5.74, 6) is 1.93. The van der Waals surface area contributed by atoms with Gasteiger partial charge in [-0.25, -0.2) is 0 Å². The number of aryl methyl sites for hydroxylation is 1. The molecule has 170 valence electrons. The van der Waals surface area contributed by atoms with E-state index in [1.165, 1.54) is 11.8 Å². The van der Waals surface area contributed by atoms with Crippen LogP contribution in [0.15, 0.2) is 41.6 Å². The molecule has 1 amide bonds. The minimum atomic E-state index is -0.182. The van der Waals surface area contributed by atoms with E-state index in [4.69, 9.17) is 27.9 Å². The van der Waals surface area contributed by atoms with Crippen LogP contribution in [0.3, 0.4) is 0 Å². The van der Waals surface area contributed by atoms with E-state index in [9.17, 15) is 4.79 Å². The van der Waals surface area contributed by atoms with Crippen LogP contribution < -0.4 is 10.1 Å². The number of nitrogens with one attached hydrogen (secondary N) is 1. The molecule has 0 aliphatic rings. The second-order valence-electron chi connectivity index (χ2n) is 7.62. The summed E-state index contributed by atoms with van der Waals surface area (Å²) in [6.07, 6.45) is 0. The number of rotatable bonds is 9. The molecule has 9 heteroatoms. The van der Waals surface area contributed by atoms with E-state index in [-0.39, 0.29) is 11.7 Å². The summed E-state index contributed by atoms with van der Waals surface area (Å²) < 4.78 is 8.07. The first kappa shape index (κ1) is 24.4. The van der Waals surface area contributed by atoms with E-state index in [1.807, 2.05) is 24.5 Å². The van der Waals surface area contributed by atoms with Crippen molar-refractivity contribution in [2.45, 2.75) is 51.9 Å². The Morgan fingerprint density at radius 2 is 1.88 bits per heavy atom. The zero-order valence-corrected chi connectivity index (χ0v) is 20.8. The summed E-state index contributed by atoms with van der Waals surface area (Å²) >= 11 is 13.3. The number of carbonyl (C=O) groups excluding carboxylic acids is 1. The molecule has 1 N–H and O–H groups in total. The van der Waals surface area contributed by atoms with Gasteiger partial charge in [0.25, 0.3) is 0 Å². The molecule has 32 heavy (non-hydrogen) atoms. The van der Waals surface area contributed by atoms with Gasteiger partial charge in [-0.1, -0.05) is 60.9 Å². The molecular weight excluding hydrogens is 467 g/mol. The van der Waals surface area contributed by atoms with Gasteiger partial charge in [0, 0.05) is 22.3 Å². The van der Waals surface area contributed by atoms with E-state index in [2.05, 4.69) is 41.5 Å². The van der Waals surface area contributed by atoms with Crippen LogP contribution in [0.5, 0.6) is 5.75 Å². The molecule has 0 aliphatic carbocycles. The maximum absolute atomic E-state index is 12.4. The minimum absolute atomic E-state index is 0.179. The number of ether oxygens (including phenoxy) is 1. The van der Waals surface area contributed by atoms with Gasteiger partial charge in [-0.2, -0.15) is 0 Å². The number of anilines is 1. The number of thioether (sulfide) groups is 1. The monoisotopic (exact) mass is 492 g/mol. The standard InChI is InChI=1S/C23H26Cl2N4O2S/c1-5-29-21(12-31-20-8-15(4)6-7-19(20)14(2)3)27-28-23(29)32-13-22(30)26-18-10-16(24)9-17(25)11-18/h6-11,14H,5,12-13H2,1-4H3,(H,26,30). The highest BCUT2D eigenvalue weighted by Crippen LogP contribution is 2.28. The summed E-state index contributed by atoms with van der Waals surface area (Å²) in [5, 5.41) is 12.9. The number of halogens is 2. The Kier molecular flexibility index (Phi) is 8.45. The zero-order valence-electron chi connectivity index (χ0n) is 18.5. The van der Waals surface area contributed by atoms with Crippen molar-refractivity contribution in [3.8, 4) is 5.75 Å². The van der Waals surface area contributed by atoms with Crippen LogP contribution in [0.4, 0.5) is 5.69 Å². The smallest absolute Gasteiger partial charge is 0.234 e. The molecule has 0 saturated heterocycles. The van der Waals surface area contributed by atoms with Crippen molar-refractivity contribution in [3.05, 3.63) is 63.4 Å². The first-order valence-corrected chi connectivity index (χ1v) is 12.0. The summed E-state index contributed by atoms with van der Waals surface area (Å²) in [6.45, 7) is 9.31. The Labute approximate surface area is 202 Å². The number of benzene rings is 2. The summed E-state index contributed by atoms with van der Waals surface area (Å²) in [6, 6.07) is 11.2. The molecule has 1 heterocycles. The number of aromatic nitrogens is 3. The van der Waals surface area contributed by atoms with Crippen molar-refractivity contribution < 1.29 is 9.53 Å². The van der Waals surface area contributed by atoms with Crippen LogP contribution in [-0.4, -0.2) is 26.4 Å². The fourth-order valence-corrected chi connectivity index (χ4v) is 4.54.